The number of β-amino-alcohol motifs (C(OH)–C–C–N with tert-alkyl or cyclic N) is 1. The summed E-state index contributed by atoms with van der Waals surface area (Å²) in [5.41, 5.74) is 1.57. The topological polar surface area (TPSA) is 118 Å². The number of nitrogens with zero attached hydrogens (tertiary/aromatic N) is 1. The molecular weight excluding hydrogens is 536 g/mol. The van der Waals surface area contributed by atoms with E-state index in [1.54, 1.807) is 19.1 Å². The van der Waals surface area contributed by atoms with Crippen LogP contribution in [0.3, 0.4) is 0 Å². The molecule has 0 spiro atoms. The van der Waals surface area contributed by atoms with Gasteiger partial charge in [-0.1, -0.05) is 61.0 Å². The van der Waals surface area contributed by atoms with Crippen LogP contribution in [0.1, 0.15) is 48.8 Å². The van der Waals surface area contributed by atoms with Crippen LogP contribution < -0.4 is 14.8 Å². The van der Waals surface area contributed by atoms with E-state index in [1.807, 2.05) is 78.9 Å². The van der Waals surface area contributed by atoms with Crippen LogP contribution in [0.15, 0.2) is 78.9 Å². The van der Waals surface area contributed by atoms with Crippen molar-refractivity contribution in [1.82, 2.24) is 10.2 Å². The summed E-state index contributed by atoms with van der Waals surface area (Å²) in [4.78, 5) is 26.2. The van der Waals surface area contributed by atoms with Gasteiger partial charge >= 0.3 is 6.09 Å². The van der Waals surface area contributed by atoms with Crippen molar-refractivity contribution in [3.8, 4) is 11.5 Å². The highest BCUT2D eigenvalue weighted by atomic mass is 16.5. The van der Waals surface area contributed by atoms with Gasteiger partial charge in [-0.2, -0.15) is 0 Å². The fourth-order valence-electron chi connectivity index (χ4n) is 5.65. The highest BCUT2D eigenvalue weighted by molar-refractivity contribution is 5.77. The smallest absolute Gasteiger partial charge is 0.404 e. The molecule has 3 N–H and O–H groups in total. The Morgan fingerprint density at radius 2 is 1.50 bits per heavy atom. The van der Waals surface area contributed by atoms with Gasteiger partial charge in [0.15, 0.2) is 0 Å². The van der Waals surface area contributed by atoms with Gasteiger partial charge in [0.25, 0.3) is 0 Å². The van der Waals surface area contributed by atoms with Gasteiger partial charge in [-0.15, -0.1) is 0 Å². The summed E-state index contributed by atoms with van der Waals surface area (Å²) in [5, 5.41) is 22.1. The SMILES string of the molecule is COc1ccc(COC(c2ccccc2)(c2ccc(OC)cc2)C2CC(O)CN2C(=O)CCCCCNC(=O)O)cc1. The summed E-state index contributed by atoms with van der Waals surface area (Å²) < 4.78 is 17.7. The van der Waals surface area contributed by atoms with Crippen LogP contribution in [-0.4, -0.2) is 66.6 Å². The van der Waals surface area contributed by atoms with Gasteiger partial charge in [0.05, 0.1) is 33.0 Å². The first kappa shape index (κ1) is 30.9. The van der Waals surface area contributed by atoms with E-state index in [1.165, 1.54) is 0 Å². The molecular formula is C33H40N2O7. The number of aliphatic hydroxyl groups is 1. The number of methoxy groups -OCH3 is 2. The number of nitrogens with one attached hydrogen (secondary N) is 1. The van der Waals surface area contributed by atoms with Crippen LogP contribution in [0.25, 0.3) is 0 Å². The summed E-state index contributed by atoms with van der Waals surface area (Å²) in [6.45, 7) is 0.819. The molecule has 0 aromatic heterocycles. The summed E-state index contributed by atoms with van der Waals surface area (Å²) in [6, 6.07) is 24.7. The summed E-state index contributed by atoms with van der Waals surface area (Å²) in [6.07, 6.45) is 0.863. The molecule has 42 heavy (non-hydrogen) atoms. The molecule has 4 rings (SSSR count). The number of amides is 2. The van der Waals surface area contributed by atoms with Crippen LogP contribution in [0.2, 0.25) is 0 Å². The van der Waals surface area contributed by atoms with Crippen molar-refractivity contribution in [2.75, 3.05) is 27.3 Å². The fourth-order valence-corrected chi connectivity index (χ4v) is 5.65. The lowest BCUT2D eigenvalue weighted by molar-refractivity contribution is -0.141. The zero-order valence-corrected chi connectivity index (χ0v) is 24.2. The third-order valence-electron chi connectivity index (χ3n) is 7.76. The predicted molar refractivity (Wildman–Crippen MR) is 159 cm³/mol. The van der Waals surface area contributed by atoms with Crippen molar-refractivity contribution >= 4 is 12.0 Å². The van der Waals surface area contributed by atoms with E-state index in [0.717, 1.165) is 22.4 Å². The highest BCUT2D eigenvalue weighted by Gasteiger charge is 2.51. The molecule has 1 saturated heterocycles. The van der Waals surface area contributed by atoms with Gasteiger partial charge in [-0.25, -0.2) is 4.79 Å². The Balaban J connectivity index is 1.69. The van der Waals surface area contributed by atoms with E-state index in [0.29, 0.717) is 44.4 Å². The van der Waals surface area contributed by atoms with E-state index in [4.69, 9.17) is 19.3 Å². The monoisotopic (exact) mass is 576 g/mol. The van der Waals surface area contributed by atoms with E-state index >= 15 is 0 Å². The molecule has 3 aromatic rings. The molecule has 224 valence electrons. The number of hydrogen-bond acceptors (Lipinski definition) is 6. The average Bonchev–Trinajstić information content (AvgIpc) is 3.42. The van der Waals surface area contributed by atoms with E-state index in [9.17, 15) is 14.7 Å². The Labute approximate surface area is 247 Å². The predicted octanol–water partition coefficient (Wildman–Crippen LogP) is 4.95. The molecule has 0 radical (unpaired) electrons. The average molecular weight is 577 g/mol. The number of unbranched alkanes of at least 4 members (excludes halogenated alkanes) is 2. The number of hydrogen-bond donors (Lipinski definition) is 3. The second-order valence-corrected chi connectivity index (χ2v) is 10.5. The minimum Gasteiger partial charge on any atom is -0.497 e. The van der Waals surface area contributed by atoms with Crippen LogP contribution in [0.4, 0.5) is 4.79 Å². The number of likely N-dealkylation sites (tertiary alicyclic amines) is 1. The second kappa shape index (κ2) is 14.7. The molecule has 0 bridgehead atoms. The Hall–Kier alpha value is -4.08. The molecule has 1 aliphatic heterocycles. The van der Waals surface area contributed by atoms with Gasteiger partial charge in [-0.05, 0) is 60.2 Å². The molecule has 1 heterocycles. The van der Waals surface area contributed by atoms with E-state index in [-0.39, 0.29) is 19.1 Å². The molecule has 2 amide bonds. The molecule has 9 nitrogen and oxygen atoms in total. The van der Waals surface area contributed by atoms with Crippen molar-refractivity contribution in [2.45, 2.75) is 56.5 Å². The Morgan fingerprint density at radius 3 is 2.12 bits per heavy atom. The fraction of sp³-hybridized carbons (Fsp3) is 0.394. The van der Waals surface area contributed by atoms with Gasteiger partial charge in [0, 0.05) is 19.5 Å². The van der Waals surface area contributed by atoms with E-state index < -0.39 is 23.8 Å². The number of benzene rings is 3. The molecule has 3 aromatic carbocycles. The molecule has 9 heteroatoms. The first-order chi connectivity index (χ1) is 20.4. The maximum Gasteiger partial charge on any atom is 0.404 e. The maximum atomic E-state index is 13.7. The van der Waals surface area contributed by atoms with Crippen LogP contribution in [-0.2, 0) is 21.7 Å². The molecule has 0 aliphatic carbocycles. The lowest BCUT2D eigenvalue weighted by Gasteiger charge is -2.44. The van der Waals surface area contributed by atoms with Crippen LogP contribution in [0, 0.1) is 0 Å². The first-order valence-electron chi connectivity index (χ1n) is 14.3. The Bertz CT molecular complexity index is 1280. The summed E-state index contributed by atoms with van der Waals surface area (Å²) in [7, 11) is 3.24. The number of aliphatic hydroxyl groups excluding tert-OH is 1. The quantitative estimate of drug-likeness (QED) is 0.232. The molecule has 0 saturated carbocycles. The van der Waals surface area contributed by atoms with Gasteiger partial charge < -0.3 is 34.6 Å². The Morgan fingerprint density at radius 1 is 0.881 bits per heavy atom. The third-order valence-corrected chi connectivity index (χ3v) is 7.76. The minimum atomic E-state index is -1.09. The largest absolute Gasteiger partial charge is 0.497 e. The van der Waals surface area contributed by atoms with Crippen molar-refractivity contribution in [3.05, 3.63) is 95.6 Å². The normalized spacial score (nSPS) is 17.8. The van der Waals surface area contributed by atoms with Crippen molar-refractivity contribution < 1.29 is 34.0 Å². The van der Waals surface area contributed by atoms with Crippen molar-refractivity contribution in [3.63, 3.8) is 0 Å². The number of ether oxygens (including phenoxy) is 3. The molecule has 1 aliphatic rings. The standard InChI is InChI=1S/C33H40N2O7/c1-40-28-16-12-24(13-17-28)23-42-33(25-9-5-3-6-10-25,26-14-18-29(41-2)19-15-26)30-21-27(36)22-35(30)31(37)11-7-4-8-20-34-32(38)39/h3,5-6,9-10,12-19,27,30,34,36H,4,7-8,11,20-23H2,1-2H3,(H,38,39). The van der Waals surface area contributed by atoms with Gasteiger partial charge in [0.1, 0.15) is 17.1 Å². The van der Waals surface area contributed by atoms with E-state index in [2.05, 4.69) is 5.32 Å². The van der Waals surface area contributed by atoms with Gasteiger partial charge in [-0.3, -0.25) is 4.79 Å². The Kier molecular flexibility index (Phi) is 10.8. The van der Waals surface area contributed by atoms with Crippen LogP contribution >= 0.6 is 0 Å². The zero-order valence-electron chi connectivity index (χ0n) is 24.2. The maximum absolute atomic E-state index is 13.7. The molecule has 3 atom stereocenters. The van der Waals surface area contributed by atoms with Crippen molar-refractivity contribution in [1.29, 1.82) is 0 Å². The number of rotatable bonds is 14. The number of carbonyl (C=O) groups is 2. The number of carbonyl (C=O) groups excluding carboxylic acids is 1. The highest BCUT2D eigenvalue weighted by Crippen LogP contribution is 2.45. The summed E-state index contributed by atoms with van der Waals surface area (Å²) >= 11 is 0. The van der Waals surface area contributed by atoms with Crippen molar-refractivity contribution in [2.24, 2.45) is 0 Å². The minimum absolute atomic E-state index is 0.0652. The first-order valence-corrected chi connectivity index (χ1v) is 14.3. The second-order valence-electron chi connectivity index (χ2n) is 10.5. The zero-order chi connectivity index (χ0) is 30.0. The lowest BCUT2D eigenvalue weighted by Crippen LogP contribution is -2.52. The summed E-state index contributed by atoms with van der Waals surface area (Å²) in [5.74, 6) is 1.38. The number of carboxylic acid groups (broad SMARTS) is 1. The lowest BCUT2D eigenvalue weighted by atomic mass is 9.78. The van der Waals surface area contributed by atoms with Gasteiger partial charge in [0.2, 0.25) is 5.91 Å². The molecule has 3 unspecified atom stereocenters. The third kappa shape index (κ3) is 7.40. The molecule has 1 fully saturated rings. The van der Waals surface area contributed by atoms with Crippen LogP contribution in [0.5, 0.6) is 11.5 Å².